The highest BCUT2D eigenvalue weighted by Crippen LogP contribution is 2.43. The van der Waals surface area contributed by atoms with E-state index in [-0.39, 0.29) is 16.5 Å². The van der Waals surface area contributed by atoms with E-state index in [0.717, 1.165) is 22.5 Å². The first kappa shape index (κ1) is 24.3. The highest BCUT2D eigenvalue weighted by molar-refractivity contribution is 7.15. The molecule has 1 aliphatic heterocycles. The van der Waals surface area contributed by atoms with Crippen molar-refractivity contribution in [3.05, 3.63) is 111 Å². The van der Waals surface area contributed by atoms with Gasteiger partial charge in [-0.25, -0.2) is 4.39 Å². The van der Waals surface area contributed by atoms with Gasteiger partial charge in [0.1, 0.15) is 28.9 Å². The first-order chi connectivity index (χ1) is 17.8. The fourth-order valence-corrected chi connectivity index (χ4v) is 4.92. The van der Waals surface area contributed by atoms with Crippen molar-refractivity contribution < 1.29 is 23.8 Å². The minimum Gasteiger partial charge on any atom is -0.507 e. The summed E-state index contributed by atoms with van der Waals surface area (Å²) in [6.07, 6.45) is 0. The van der Waals surface area contributed by atoms with Crippen molar-refractivity contribution in [1.82, 2.24) is 10.2 Å². The van der Waals surface area contributed by atoms with Crippen LogP contribution in [-0.2, 0) is 16.2 Å². The average Bonchev–Trinajstić information content (AvgIpc) is 3.43. The first-order valence-corrected chi connectivity index (χ1v) is 12.3. The smallest absolute Gasteiger partial charge is 0.301 e. The van der Waals surface area contributed by atoms with Crippen molar-refractivity contribution in [2.45, 2.75) is 26.5 Å². The third-order valence-electron chi connectivity index (χ3n) is 5.97. The maximum absolute atomic E-state index is 13.7. The molecule has 7 nitrogen and oxygen atoms in total. The molecule has 1 fully saturated rings. The van der Waals surface area contributed by atoms with Gasteiger partial charge in [0, 0.05) is 5.56 Å². The lowest BCUT2D eigenvalue weighted by Gasteiger charge is -2.22. The quantitative estimate of drug-likeness (QED) is 0.207. The number of halogens is 1. The molecule has 5 rings (SSSR count). The SMILES string of the molecule is Cc1cccc(COc2ccc(C(O)=C3C(=O)C(=O)N(c4nnc(C)s4)C3c3ccc(F)cc3)cc2)c1. The Morgan fingerprint density at radius 2 is 1.76 bits per heavy atom. The Hall–Kier alpha value is -4.37. The minimum absolute atomic E-state index is 0.113. The lowest BCUT2D eigenvalue weighted by atomic mass is 9.95. The Labute approximate surface area is 216 Å². The molecule has 1 N–H and O–H groups in total. The van der Waals surface area contributed by atoms with Gasteiger partial charge in [-0.1, -0.05) is 53.3 Å². The van der Waals surface area contributed by atoms with Gasteiger partial charge in [0.2, 0.25) is 5.13 Å². The van der Waals surface area contributed by atoms with E-state index >= 15 is 0 Å². The van der Waals surface area contributed by atoms with Crippen LogP contribution in [0.15, 0.2) is 78.4 Å². The van der Waals surface area contributed by atoms with Gasteiger partial charge >= 0.3 is 5.91 Å². The lowest BCUT2D eigenvalue weighted by molar-refractivity contribution is -0.132. The van der Waals surface area contributed by atoms with Crippen LogP contribution in [0, 0.1) is 19.7 Å². The molecular formula is C28H22FN3O4S. The molecule has 1 unspecified atom stereocenters. The van der Waals surface area contributed by atoms with Gasteiger partial charge in [-0.2, -0.15) is 0 Å². The molecule has 0 bridgehead atoms. The Morgan fingerprint density at radius 3 is 2.41 bits per heavy atom. The number of nitrogens with zero attached hydrogens (tertiary/aromatic N) is 3. The van der Waals surface area contributed by atoms with Crippen molar-refractivity contribution >= 4 is 33.9 Å². The molecule has 186 valence electrons. The number of aliphatic hydroxyl groups is 1. The van der Waals surface area contributed by atoms with E-state index in [0.29, 0.717) is 28.5 Å². The molecule has 4 aromatic rings. The van der Waals surface area contributed by atoms with Crippen molar-refractivity contribution in [1.29, 1.82) is 0 Å². The summed E-state index contributed by atoms with van der Waals surface area (Å²) in [5.74, 6) is -1.93. The Kier molecular flexibility index (Phi) is 6.54. The number of ketones is 1. The molecule has 37 heavy (non-hydrogen) atoms. The second kappa shape index (κ2) is 9.94. The Morgan fingerprint density at radius 1 is 1.03 bits per heavy atom. The fourth-order valence-electron chi connectivity index (χ4n) is 4.21. The van der Waals surface area contributed by atoms with Crippen molar-refractivity contribution in [2.24, 2.45) is 0 Å². The summed E-state index contributed by atoms with van der Waals surface area (Å²) in [4.78, 5) is 27.4. The van der Waals surface area contributed by atoms with Crippen molar-refractivity contribution in [3.63, 3.8) is 0 Å². The zero-order chi connectivity index (χ0) is 26.1. The number of benzene rings is 3. The normalized spacial score (nSPS) is 16.8. The summed E-state index contributed by atoms with van der Waals surface area (Å²) < 4.78 is 19.5. The average molecular weight is 516 g/mol. The summed E-state index contributed by atoms with van der Waals surface area (Å²) >= 11 is 1.14. The number of Topliss-reactive ketones (excluding diaryl/α,β-unsaturated/α-hetero) is 1. The number of aryl methyl sites for hydroxylation is 2. The number of carbonyl (C=O) groups is 2. The Bertz CT molecular complexity index is 1510. The van der Waals surface area contributed by atoms with E-state index in [1.165, 1.54) is 29.2 Å². The summed E-state index contributed by atoms with van der Waals surface area (Å²) in [6.45, 7) is 4.12. The van der Waals surface area contributed by atoms with Gasteiger partial charge in [-0.05, 0) is 61.4 Å². The van der Waals surface area contributed by atoms with E-state index < -0.39 is 23.5 Å². The third-order valence-corrected chi connectivity index (χ3v) is 6.81. The predicted octanol–water partition coefficient (Wildman–Crippen LogP) is 5.50. The molecule has 9 heteroatoms. The van der Waals surface area contributed by atoms with E-state index in [1.54, 1.807) is 31.2 Å². The van der Waals surface area contributed by atoms with E-state index in [1.807, 2.05) is 31.2 Å². The zero-order valence-electron chi connectivity index (χ0n) is 20.0. The summed E-state index contributed by atoms with van der Waals surface area (Å²) in [7, 11) is 0. The molecule has 0 aliphatic carbocycles. The molecular weight excluding hydrogens is 493 g/mol. The zero-order valence-corrected chi connectivity index (χ0v) is 20.8. The van der Waals surface area contributed by atoms with Crippen LogP contribution in [0.4, 0.5) is 9.52 Å². The molecule has 0 spiro atoms. The van der Waals surface area contributed by atoms with Crippen LogP contribution in [-0.4, -0.2) is 27.0 Å². The number of hydrogen-bond acceptors (Lipinski definition) is 7. The third kappa shape index (κ3) is 4.85. The van der Waals surface area contributed by atoms with Gasteiger partial charge < -0.3 is 9.84 Å². The highest BCUT2D eigenvalue weighted by Gasteiger charge is 2.48. The summed E-state index contributed by atoms with van der Waals surface area (Å²) in [5, 5.41) is 20.0. The molecule has 2 heterocycles. The number of anilines is 1. The van der Waals surface area contributed by atoms with Crippen LogP contribution in [0.5, 0.6) is 5.75 Å². The van der Waals surface area contributed by atoms with Crippen LogP contribution in [0.2, 0.25) is 0 Å². The second-order valence-corrected chi connectivity index (χ2v) is 9.79. The van der Waals surface area contributed by atoms with E-state index in [2.05, 4.69) is 10.2 Å². The van der Waals surface area contributed by atoms with E-state index in [4.69, 9.17) is 4.74 Å². The van der Waals surface area contributed by atoms with Gasteiger partial charge in [-0.3, -0.25) is 14.5 Å². The largest absolute Gasteiger partial charge is 0.507 e. The molecule has 1 saturated heterocycles. The predicted molar refractivity (Wildman–Crippen MR) is 138 cm³/mol. The van der Waals surface area contributed by atoms with Crippen LogP contribution < -0.4 is 9.64 Å². The summed E-state index contributed by atoms with van der Waals surface area (Å²) in [5.41, 5.74) is 2.84. The number of ether oxygens (including phenoxy) is 1. The van der Waals surface area contributed by atoms with Gasteiger partial charge in [0.15, 0.2) is 0 Å². The lowest BCUT2D eigenvalue weighted by Crippen LogP contribution is -2.29. The number of hydrogen-bond donors (Lipinski definition) is 1. The molecule has 0 radical (unpaired) electrons. The monoisotopic (exact) mass is 515 g/mol. The second-order valence-electron chi connectivity index (χ2n) is 8.63. The maximum atomic E-state index is 13.7. The number of carbonyl (C=O) groups excluding carboxylic acids is 2. The highest BCUT2D eigenvalue weighted by atomic mass is 32.1. The van der Waals surface area contributed by atoms with Crippen LogP contribution in [0.25, 0.3) is 5.76 Å². The Balaban J connectivity index is 1.50. The molecule has 1 aromatic heterocycles. The molecule has 1 atom stereocenters. The number of aromatic nitrogens is 2. The topological polar surface area (TPSA) is 92.6 Å². The number of rotatable bonds is 6. The standard InChI is InChI=1S/C28H22FN3O4S/c1-16-4-3-5-18(14-16)15-36-22-12-8-20(9-13-22)25(33)23-24(19-6-10-21(29)11-7-19)32(27(35)26(23)34)28-31-30-17(2)37-28/h3-14,24,33H,15H2,1-2H3. The minimum atomic E-state index is -0.995. The molecule has 3 aromatic carbocycles. The maximum Gasteiger partial charge on any atom is 0.301 e. The van der Waals surface area contributed by atoms with Gasteiger partial charge in [0.05, 0.1) is 11.6 Å². The van der Waals surface area contributed by atoms with Gasteiger partial charge in [0.25, 0.3) is 5.78 Å². The van der Waals surface area contributed by atoms with Crippen LogP contribution >= 0.6 is 11.3 Å². The number of aliphatic hydroxyl groups excluding tert-OH is 1. The molecule has 1 amide bonds. The van der Waals surface area contributed by atoms with Crippen molar-refractivity contribution in [2.75, 3.05) is 4.90 Å². The van der Waals surface area contributed by atoms with Crippen LogP contribution in [0.1, 0.15) is 33.3 Å². The van der Waals surface area contributed by atoms with Gasteiger partial charge in [-0.15, -0.1) is 10.2 Å². The number of amides is 1. The molecule has 0 saturated carbocycles. The first-order valence-electron chi connectivity index (χ1n) is 11.5. The van der Waals surface area contributed by atoms with Crippen LogP contribution in [0.3, 0.4) is 0 Å². The van der Waals surface area contributed by atoms with E-state index in [9.17, 15) is 19.1 Å². The summed E-state index contributed by atoms with van der Waals surface area (Å²) in [6, 6.07) is 19.0. The molecule has 1 aliphatic rings. The fraction of sp³-hybridized carbons (Fsp3) is 0.143. The van der Waals surface area contributed by atoms with Crippen molar-refractivity contribution in [3.8, 4) is 5.75 Å².